The zero-order valence-electron chi connectivity index (χ0n) is 21.0. The number of benzene rings is 3. The molecule has 6 heteroatoms. The number of nitrogens with one attached hydrogen (secondary N) is 3. The number of amides is 1. The molecular weight excluding hydrogens is 571 g/mol. The summed E-state index contributed by atoms with van der Waals surface area (Å²) in [4.78, 5) is 17.5. The van der Waals surface area contributed by atoms with Crippen LogP contribution < -0.4 is 37.2 Å². The van der Waals surface area contributed by atoms with Crippen molar-refractivity contribution in [1.82, 2.24) is 10.3 Å². The van der Waals surface area contributed by atoms with Gasteiger partial charge in [-0.1, -0.05) is 6.07 Å². The normalized spacial score (nSPS) is 11.6. The fraction of sp³-hybridized carbons (Fsp3) is 0.161. The molecule has 0 aliphatic heterocycles. The van der Waals surface area contributed by atoms with Crippen molar-refractivity contribution in [3.63, 3.8) is 0 Å². The molecule has 4 aromatic rings. The van der Waals surface area contributed by atoms with Gasteiger partial charge < -0.3 is 0 Å². The molecule has 0 spiro atoms. The third-order valence-corrected chi connectivity index (χ3v) is 7.93. The molecule has 1 unspecified atom stereocenters. The molecule has 0 saturated heterocycles. The molecule has 3 N–H and O–H groups in total. The van der Waals surface area contributed by atoms with E-state index in [0.717, 1.165) is 39.9 Å². The Balaban J connectivity index is 1.45. The summed E-state index contributed by atoms with van der Waals surface area (Å²) >= 11 is -0.403. The summed E-state index contributed by atoms with van der Waals surface area (Å²) in [6.07, 6.45) is 3.77. The Kier molecular flexibility index (Phi) is 9.85. The van der Waals surface area contributed by atoms with Gasteiger partial charge in [0.1, 0.15) is 0 Å². The molecule has 0 radical (unpaired) electrons. The Morgan fingerprint density at radius 2 is 1.76 bits per heavy atom. The first kappa shape index (κ1) is 26.6. The van der Waals surface area contributed by atoms with Gasteiger partial charge in [-0.15, -0.1) is 0 Å². The van der Waals surface area contributed by atoms with Gasteiger partial charge in [-0.3, -0.25) is 0 Å². The van der Waals surface area contributed by atoms with Crippen LogP contribution in [0.5, 0.6) is 0 Å². The van der Waals surface area contributed by atoms with Crippen molar-refractivity contribution in [3.8, 4) is 0 Å². The second-order valence-corrected chi connectivity index (χ2v) is 11.3. The number of anilines is 3. The van der Waals surface area contributed by atoms with Crippen LogP contribution in [0.15, 0.2) is 108 Å². The maximum atomic E-state index is 13.1. The maximum absolute atomic E-state index is 13.1. The predicted molar refractivity (Wildman–Crippen MR) is 148 cm³/mol. The molecule has 0 aliphatic carbocycles. The van der Waals surface area contributed by atoms with Crippen LogP contribution in [0, 0.1) is 3.57 Å². The number of hydrogen-bond donors (Lipinski definition) is 3. The van der Waals surface area contributed by atoms with E-state index in [-0.39, 0.29) is 5.91 Å². The summed E-state index contributed by atoms with van der Waals surface area (Å²) in [5.74, 6) is 0.514. The van der Waals surface area contributed by atoms with Crippen molar-refractivity contribution in [2.45, 2.75) is 32.4 Å². The van der Waals surface area contributed by atoms with Crippen molar-refractivity contribution >= 4 is 23.1 Å². The molecule has 0 fully saturated rings. The molecule has 1 amide bonds. The monoisotopic (exact) mass is 603 g/mol. The van der Waals surface area contributed by atoms with Gasteiger partial charge in [0, 0.05) is 0 Å². The number of carbonyl (C=O) groups is 1. The van der Waals surface area contributed by atoms with Crippen molar-refractivity contribution < 1.29 is 26.0 Å². The zero-order chi connectivity index (χ0) is 25.9. The van der Waals surface area contributed by atoms with E-state index >= 15 is 0 Å². The molecule has 4 rings (SSSR count). The molecule has 1 aromatic heterocycles. The third-order valence-electron chi connectivity index (χ3n) is 5.88. The van der Waals surface area contributed by atoms with Crippen LogP contribution in [0.3, 0.4) is 0 Å². The Bertz CT molecular complexity index is 1290. The quantitative estimate of drug-likeness (QED) is 0.214. The van der Waals surface area contributed by atoms with E-state index in [1.165, 1.54) is 5.56 Å². The van der Waals surface area contributed by atoms with Gasteiger partial charge in [-0.25, -0.2) is 0 Å². The molecule has 5 nitrogen and oxygen atoms in total. The molecule has 0 saturated carbocycles. The average Bonchev–Trinajstić information content (AvgIpc) is 2.94. The number of hydrogen-bond acceptors (Lipinski definition) is 4. The fourth-order valence-corrected chi connectivity index (χ4v) is 5.51. The summed E-state index contributed by atoms with van der Waals surface area (Å²) in [6.45, 7) is 6.85. The van der Waals surface area contributed by atoms with Crippen LogP contribution >= 0.6 is 0 Å². The standard InChI is InChI=1S/C31H32IN4O/c1-3-11-28(24-12-7-5-8-13-24)33-21-23-16-18-27(32-4-2)29(20-23)36-31(37)25-17-19-30(34-22-25)35-26-14-9-6-10-15-26/h4-10,12-20,22,28,33H,2-3,11,21H2,1H3,(H,34,35)(H,36,37)/q-1. The first-order valence-electron chi connectivity index (χ1n) is 12.4. The summed E-state index contributed by atoms with van der Waals surface area (Å²) in [5, 5.41) is 10.1. The molecule has 0 aliphatic rings. The van der Waals surface area contributed by atoms with Gasteiger partial charge in [-0.05, 0) is 0 Å². The Morgan fingerprint density at radius 3 is 2.43 bits per heavy atom. The van der Waals surface area contributed by atoms with Gasteiger partial charge in [0.05, 0.1) is 0 Å². The van der Waals surface area contributed by atoms with Gasteiger partial charge in [-0.2, -0.15) is 0 Å². The van der Waals surface area contributed by atoms with Crippen LogP contribution in [-0.4, -0.2) is 10.9 Å². The van der Waals surface area contributed by atoms with Crippen LogP contribution in [0.1, 0.15) is 47.3 Å². The number of para-hydroxylation sites is 1. The van der Waals surface area contributed by atoms with Gasteiger partial charge in [0.25, 0.3) is 0 Å². The average molecular weight is 604 g/mol. The van der Waals surface area contributed by atoms with Gasteiger partial charge >= 0.3 is 224 Å². The Labute approximate surface area is 229 Å². The summed E-state index contributed by atoms with van der Waals surface area (Å²) in [7, 11) is 0. The predicted octanol–water partition coefficient (Wildman–Crippen LogP) is 4.11. The molecule has 1 heterocycles. The van der Waals surface area contributed by atoms with E-state index in [0.29, 0.717) is 17.4 Å². The van der Waals surface area contributed by atoms with E-state index in [1.807, 2.05) is 46.5 Å². The Hall–Kier alpha value is -3.49. The molecule has 3 aromatic carbocycles. The van der Waals surface area contributed by atoms with Crippen LogP contribution in [0.25, 0.3) is 0 Å². The number of rotatable bonds is 12. The molecule has 0 bridgehead atoms. The fourth-order valence-electron chi connectivity index (χ4n) is 4.02. The summed E-state index contributed by atoms with van der Waals surface area (Å²) in [6, 6.07) is 30.6. The number of halogens is 1. The van der Waals surface area contributed by atoms with E-state index in [9.17, 15) is 4.79 Å². The number of aromatic nitrogens is 1. The van der Waals surface area contributed by atoms with E-state index < -0.39 is 21.2 Å². The van der Waals surface area contributed by atoms with Crippen LogP contribution in [0.4, 0.5) is 17.2 Å². The van der Waals surface area contributed by atoms with Gasteiger partial charge in [0.2, 0.25) is 0 Å². The second-order valence-electron chi connectivity index (χ2n) is 8.59. The molecule has 190 valence electrons. The minimum atomic E-state index is -0.403. The van der Waals surface area contributed by atoms with E-state index in [2.05, 4.69) is 76.9 Å². The molecular formula is C31H32IN4O-. The van der Waals surface area contributed by atoms with Crippen LogP contribution in [0.2, 0.25) is 0 Å². The van der Waals surface area contributed by atoms with Crippen LogP contribution in [-0.2, 0) is 6.54 Å². The molecule has 37 heavy (non-hydrogen) atoms. The third kappa shape index (κ3) is 7.74. The van der Waals surface area contributed by atoms with Crippen molar-refractivity contribution in [2.24, 2.45) is 0 Å². The topological polar surface area (TPSA) is 66.0 Å². The first-order chi connectivity index (χ1) is 18.2. The van der Waals surface area contributed by atoms with E-state index in [1.54, 1.807) is 12.3 Å². The summed E-state index contributed by atoms with van der Waals surface area (Å²) < 4.78 is 3.09. The van der Waals surface area contributed by atoms with Crippen molar-refractivity contribution in [2.75, 3.05) is 10.6 Å². The summed E-state index contributed by atoms with van der Waals surface area (Å²) in [5.41, 5.74) is 4.73. The SMILES string of the molecule is C=C[I-]c1ccc(CNC(CCC)c2ccccc2)cc1NC(=O)c1ccc(Nc2ccccc2)nc1. The minimum absolute atomic E-state index is 0.175. The van der Waals surface area contributed by atoms with Gasteiger partial charge in [0.15, 0.2) is 0 Å². The van der Waals surface area contributed by atoms with Crippen molar-refractivity contribution in [1.29, 1.82) is 0 Å². The van der Waals surface area contributed by atoms with Crippen molar-refractivity contribution in [3.05, 3.63) is 128 Å². The Morgan fingerprint density at radius 1 is 1.00 bits per heavy atom. The number of pyridine rings is 1. The van der Waals surface area contributed by atoms with E-state index in [4.69, 9.17) is 0 Å². The first-order valence-corrected chi connectivity index (χ1v) is 14.7. The second kappa shape index (κ2) is 13.7. The zero-order valence-corrected chi connectivity index (χ0v) is 23.1. The molecule has 1 atom stereocenters. The number of nitrogens with zero attached hydrogens (tertiary/aromatic N) is 1. The number of carbonyl (C=O) groups excluding carboxylic acids is 1.